The summed E-state index contributed by atoms with van der Waals surface area (Å²) in [6.45, 7) is 6.33. The Balaban J connectivity index is 3.25. The standard InChI is InChI=1S/C28H55N3O8/c1-2-3-4-5-6-7-8-9-10-11-12-13-26(32)29-15-19-37-24-25-38-20-16-30-27(33)14-18-36-22-23-39-21-17-31-28(34)35/h31H,2-25H2,1H3,(H,29,32)(H,30,33)(H,34,35). The minimum absolute atomic E-state index is 0.0887. The first-order chi connectivity index (χ1) is 19.1. The Labute approximate surface area is 235 Å². The van der Waals surface area contributed by atoms with Gasteiger partial charge in [0.1, 0.15) is 0 Å². The molecule has 0 rings (SSSR count). The summed E-state index contributed by atoms with van der Waals surface area (Å²) in [5, 5.41) is 16.2. The quantitative estimate of drug-likeness (QED) is 0.0973. The Morgan fingerprint density at radius 1 is 0.487 bits per heavy atom. The monoisotopic (exact) mass is 561 g/mol. The van der Waals surface area contributed by atoms with Crippen molar-refractivity contribution < 1.29 is 38.4 Å². The molecule has 0 saturated carbocycles. The van der Waals surface area contributed by atoms with Crippen molar-refractivity contribution in [1.82, 2.24) is 16.0 Å². The van der Waals surface area contributed by atoms with E-state index in [0.717, 1.165) is 12.8 Å². The second-order valence-corrected chi connectivity index (χ2v) is 9.42. The number of ether oxygens (including phenoxy) is 4. The molecule has 0 heterocycles. The maximum Gasteiger partial charge on any atom is 0.404 e. The van der Waals surface area contributed by atoms with Crippen molar-refractivity contribution in [1.29, 1.82) is 0 Å². The molecule has 0 aromatic carbocycles. The minimum Gasteiger partial charge on any atom is -0.465 e. The van der Waals surface area contributed by atoms with E-state index in [9.17, 15) is 14.4 Å². The average molecular weight is 562 g/mol. The lowest BCUT2D eigenvalue weighted by Gasteiger charge is -2.09. The molecule has 0 aliphatic heterocycles. The predicted octanol–water partition coefficient (Wildman–Crippen LogP) is 3.64. The summed E-state index contributed by atoms with van der Waals surface area (Å²) in [4.78, 5) is 33.8. The van der Waals surface area contributed by atoms with E-state index >= 15 is 0 Å². The topological polar surface area (TPSA) is 144 Å². The van der Waals surface area contributed by atoms with Gasteiger partial charge in [-0.15, -0.1) is 0 Å². The van der Waals surface area contributed by atoms with E-state index in [1.807, 2.05) is 0 Å². The number of hydrogen-bond donors (Lipinski definition) is 4. The number of rotatable bonds is 30. The highest BCUT2D eigenvalue weighted by Gasteiger charge is 2.02. The van der Waals surface area contributed by atoms with Gasteiger partial charge in [-0.05, 0) is 6.42 Å². The average Bonchev–Trinajstić information content (AvgIpc) is 2.91. The second kappa shape index (κ2) is 30.6. The van der Waals surface area contributed by atoms with Crippen molar-refractivity contribution in [3.8, 4) is 0 Å². The summed E-state index contributed by atoms with van der Waals surface area (Å²) in [6, 6.07) is 0. The van der Waals surface area contributed by atoms with E-state index in [-0.39, 0.29) is 38.0 Å². The van der Waals surface area contributed by atoms with Gasteiger partial charge in [-0.1, -0.05) is 71.1 Å². The van der Waals surface area contributed by atoms with Crippen LogP contribution in [0, 0.1) is 0 Å². The Morgan fingerprint density at radius 2 is 0.872 bits per heavy atom. The van der Waals surface area contributed by atoms with Crippen LogP contribution in [-0.4, -0.2) is 95.5 Å². The van der Waals surface area contributed by atoms with Crippen molar-refractivity contribution >= 4 is 17.9 Å². The molecule has 11 nitrogen and oxygen atoms in total. The number of hydrogen-bond acceptors (Lipinski definition) is 7. The van der Waals surface area contributed by atoms with Gasteiger partial charge in [0.15, 0.2) is 0 Å². The molecule has 3 amide bonds. The van der Waals surface area contributed by atoms with Crippen LogP contribution in [0.25, 0.3) is 0 Å². The van der Waals surface area contributed by atoms with E-state index in [1.165, 1.54) is 57.8 Å². The number of amides is 3. The lowest BCUT2D eigenvalue weighted by atomic mass is 10.1. The molecule has 0 aromatic heterocycles. The summed E-state index contributed by atoms with van der Waals surface area (Å²) >= 11 is 0. The highest BCUT2D eigenvalue weighted by Crippen LogP contribution is 2.11. The molecule has 0 fully saturated rings. The number of carbonyl (C=O) groups is 3. The third-order valence-electron chi connectivity index (χ3n) is 5.88. The fourth-order valence-electron chi connectivity index (χ4n) is 3.69. The van der Waals surface area contributed by atoms with Crippen LogP contribution >= 0.6 is 0 Å². The van der Waals surface area contributed by atoms with Gasteiger partial charge in [0.2, 0.25) is 11.8 Å². The molecule has 0 saturated heterocycles. The van der Waals surface area contributed by atoms with Crippen molar-refractivity contribution in [2.75, 3.05) is 72.5 Å². The highest BCUT2D eigenvalue weighted by atomic mass is 16.5. The smallest absolute Gasteiger partial charge is 0.404 e. The predicted molar refractivity (Wildman–Crippen MR) is 151 cm³/mol. The van der Waals surface area contributed by atoms with Crippen molar-refractivity contribution in [2.45, 2.75) is 90.4 Å². The van der Waals surface area contributed by atoms with Gasteiger partial charge in [-0.25, -0.2) is 4.79 Å². The maximum atomic E-state index is 11.9. The molecule has 39 heavy (non-hydrogen) atoms. The van der Waals surface area contributed by atoms with E-state index in [2.05, 4.69) is 22.9 Å². The molecule has 4 N–H and O–H groups in total. The van der Waals surface area contributed by atoms with Crippen molar-refractivity contribution in [2.24, 2.45) is 0 Å². The van der Waals surface area contributed by atoms with E-state index in [1.54, 1.807) is 0 Å². The van der Waals surface area contributed by atoms with E-state index < -0.39 is 6.09 Å². The third-order valence-corrected chi connectivity index (χ3v) is 5.88. The summed E-state index contributed by atoms with van der Waals surface area (Å²) in [5.74, 6) is -0.0314. The minimum atomic E-state index is -1.08. The molecule has 11 heteroatoms. The first-order valence-corrected chi connectivity index (χ1v) is 14.9. The third kappa shape index (κ3) is 32.2. The molecule has 0 aliphatic carbocycles. The highest BCUT2D eigenvalue weighted by molar-refractivity contribution is 5.76. The van der Waals surface area contributed by atoms with Crippen molar-refractivity contribution in [3.63, 3.8) is 0 Å². The fourth-order valence-corrected chi connectivity index (χ4v) is 3.69. The molecule has 0 aliphatic rings. The molecular formula is C28H55N3O8. The summed E-state index contributed by atoms with van der Waals surface area (Å²) < 4.78 is 21.4. The zero-order valence-electron chi connectivity index (χ0n) is 24.3. The zero-order valence-corrected chi connectivity index (χ0v) is 24.3. The van der Waals surface area contributed by atoms with Gasteiger partial charge in [-0.3, -0.25) is 9.59 Å². The van der Waals surface area contributed by atoms with Crippen molar-refractivity contribution in [3.05, 3.63) is 0 Å². The normalized spacial score (nSPS) is 10.9. The number of unbranched alkanes of at least 4 members (excludes halogenated alkanes) is 10. The number of nitrogens with one attached hydrogen (secondary N) is 3. The fraction of sp³-hybridized carbons (Fsp3) is 0.893. The lowest BCUT2D eigenvalue weighted by Crippen LogP contribution is -2.29. The van der Waals surface area contributed by atoms with Crippen LogP contribution in [0.15, 0.2) is 0 Å². The van der Waals surface area contributed by atoms with Crippen LogP contribution in [0.2, 0.25) is 0 Å². The molecular weight excluding hydrogens is 506 g/mol. The van der Waals surface area contributed by atoms with Gasteiger partial charge in [0.05, 0.1) is 52.9 Å². The maximum absolute atomic E-state index is 11.9. The van der Waals surface area contributed by atoms with Crippen LogP contribution in [-0.2, 0) is 28.5 Å². The number of carbonyl (C=O) groups excluding carboxylic acids is 2. The second-order valence-electron chi connectivity index (χ2n) is 9.42. The first-order valence-electron chi connectivity index (χ1n) is 14.9. The van der Waals surface area contributed by atoms with Gasteiger partial charge in [0.25, 0.3) is 0 Å². The molecule has 0 aromatic rings. The molecule has 0 atom stereocenters. The van der Waals surface area contributed by atoms with Gasteiger partial charge in [0, 0.05) is 32.5 Å². The van der Waals surface area contributed by atoms with Crippen LogP contribution < -0.4 is 16.0 Å². The summed E-state index contributed by atoms with van der Waals surface area (Å²) in [5.41, 5.74) is 0. The Hall–Kier alpha value is -1.95. The molecule has 0 unspecified atom stereocenters. The van der Waals surface area contributed by atoms with Crippen LogP contribution in [0.3, 0.4) is 0 Å². The number of carboxylic acid groups (broad SMARTS) is 1. The summed E-state index contributed by atoms with van der Waals surface area (Å²) in [7, 11) is 0. The van der Waals surface area contributed by atoms with Crippen LogP contribution in [0.4, 0.5) is 4.79 Å². The Bertz CT molecular complexity index is 581. The lowest BCUT2D eigenvalue weighted by molar-refractivity contribution is -0.123. The molecule has 0 bridgehead atoms. The molecule has 230 valence electrons. The largest absolute Gasteiger partial charge is 0.465 e. The summed E-state index contributed by atoms with van der Waals surface area (Å²) in [6.07, 6.45) is 13.8. The Morgan fingerprint density at radius 3 is 1.33 bits per heavy atom. The Kier molecular flexibility index (Phi) is 29.1. The van der Waals surface area contributed by atoms with Gasteiger partial charge >= 0.3 is 6.09 Å². The zero-order chi connectivity index (χ0) is 28.7. The van der Waals surface area contributed by atoms with E-state index in [0.29, 0.717) is 59.2 Å². The first kappa shape index (κ1) is 37.0. The van der Waals surface area contributed by atoms with Crippen LogP contribution in [0.1, 0.15) is 90.4 Å². The molecule has 0 radical (unpaired) electrons. The van der Waals surface area contributed by atoms with Gasteiger partial charge in [-0.2, -0.15) is 0 Å². The van der Waals surface area contributed by atoms with E-state index in [4.69, 9.17) is 24.1 Å². The van der Waals surface area contributed by atoms with Gasteiger partial charge < -0.3 is 40.0 Å². The SMILES string of the molecule is CCCCCCCCCCCCCC(=O)NCCOCCOCCNC(=O)CCOCCOCCNC(=O)O. The molecule has 0 spiro atoms. The van der Waals surface area contributed by atoms with Crippen LogP contribution in [0.5, 0.6) is 0 Å².